The van der Waals surface area contributed by atoms with Crippen LogP contribution in [0.15, 0.2) is 23.2 Å². The highest BCUT2D eigenvalue weighted by Crippen LogP contribution is 2.27. The fraction of sp³-hybridized carbons (Fsp3) is 0.588. The molecule has 1 aromatic carbocycles. The van der Waals surface area contributed by atoms with E-state index in [-0.39, 0.29) is 24.0 Å². The summed E-state index contributed by atoms with van der Waals surface area (Å²) in [5.74, 6) is 2.68. The minimum atomic E-state index is 0. The molecule has 0 bridgehead atoms. The van der Waals surface area contributed by atoms with Crippen LogP contribution in [0.5, 0.6) is 5.75 Å². The number of nitrogens with zero attached hydrogens (tertiary/aromatic N) is 1. The minimum Gasteiger partial charge on any atom is -0.493 e. The summed E-state index contributed by atoms with van der Waals surface area (Å²) in [5, 5.41) is 6.74. The number of aryl methyl sites for hydroxylation is 1. The van der Waals surface area contributed by atoms with E-state index in [4.69, 9.17) is 4.74 Å². The van der Waals surface area contributed by atoms with Gasteiger partial charge in [-0.05, 0) is 43.7 Å². The molecule has 1 fully saturated rings. The quantitative estimate of drug-likeness (QED) is 0.406. The van der Waals surface area contributed by atoms with Crippen molar-refractivity contribution >= 4 is 29.9 Å². The molecule has 0 aromatic heterocycles. The second-order valence-electron chi connectivity index (χ2n) is 5.71. The third-order valence-corrected chi connectivity index (χ3v) is 3.61. The monoisotopic (exact) mass is 417 g/mol. The Kier molecular flexibility index (Phi) is 8.60. The van der Waals surface area contributed by atoms with Gasteiger partial charge in [-0.2, -0.15) is 0 Å². The molecule has 0 saturated heterocycles. The lowest BCUT2D eigenvalue weighted by Gasteiger charge is -2.15. The fourth-order valence-corrected chi connectivity index (χ4v) is 2.12. The smallest absolute Gasteiger partial charge is 0.191 e. The van der Waals surface area contributed by atoms with Crippen molar-refractivity contribution in [1.29, 1.82) is 0 Å². The molecule has 22 heavy (non-hydrogen) atoms. The predicted molar refractivity (Wildman–Crippen MR) is 103 cm³/mol. The Morgan fingerprint density at radius 1 is 1.32 bits per heavy atom. The van der Waals surface area contributed by atoms with Gasteiger partial charge >= 0.3 is 0 Å². The van der Waals surface area contributed by atoms with Gasteiger partial charge < -0.3 is 15.4 Å². The highest BCUT2D eigenvalue weighted by Gasteiger charge is 2.21. The average molecular weight is 417 g/mol. The van der Waals surface area contributed by atoms with Crippen molar-refractivity contribution in [3.05, 3.63) is 29.3 Å². The molecular weight excluding hydrogens is 389 g/mol. The molecule has 1 aliphatic rings. The van der Waals surface area contributed by atoms with Crippen LogP contribution in [0, 0.1) is 12.8 Å². The lowest BCUT2D eigenvalue weighted by atomic mass is 10.1. The van der Waals surface area contributed by atoms with E-state index < -0.39 is 0 Å². The molecule has 1 saturated carbocycles. The molecule has 0 radical (unpaired) electrons. The maximum absolute atomic E-state index is 5.84. The first-order valence-electron chi connectivity index (χ1n) is 7.89. The molecule has 0 amide bonds. The average Bonchev–Trinajstić information content (AvgIpc) is 3.31. The summed E-state index contributed by atoms with van der Waals surface area (Å²) >= 11 is 0. The summed E-state index contributed by atoms with van der Waals surface area (Å²) in [6.45, 7) is 6.71. The van der Waals surface area contributed by atoms with Crippen molar-refractivity contribution in [2.45, 2.75) is 39.7 Å². The van der Waals surface area contributed by atoms with Gasteiger partial charge in [-0.3, -0.25) is 4.99 Å². The van der Waals surface area contributed by atoms with E-state index >= 15 is 0 Å². The first kappa shape index (κ1) is 19.1. The van der Waals surface area contributed by atoms with E-state index in [9.17, 15) is 0 Å². The molecule has 0 spiro atoms. The number of benzene rings is 1. The molecule has 5 heteroatoms. The molecule has 4 nitrogen and oxygen atoms in total. The number of nitrogens with one attached hydrogen (secondary N) is 2. The molecule has 0 unspecified atom stereocenters. The van der Waals surface area contributed by atoms with Crippen molar-refractivity contribution in [3.63, 3.8) is 0 Å². The van der Waals surface area contributed by atoms with Crippen LogP contribution in [0.3, 0.4) is 0 Å². The largest absolute Gasteiger partial charge is 0.493 e. The van der Waals surface area contributed by atoms with Gasteiger partial charge in [-0.15, -0.1) is 24.0 Å². The minimum absolute atomic E-state index is 0. The van der Waals surface area contributed by atoms with Gasteiger partial charge in [0.25, 0.3) is 0 Å². The van der Waals surface area contributed by atoms with E-state index in [1.807, 2.05) is 7.05 Å². The summed E-state index contributed by atoms with van der Waals surface area (Å²) in [6, 6.07) is 6.35. The van der Waals surface area contributed by atoms with Crippen LogP contribution >= 0.6 is 24.0 Å². The molecule has 124 valence electrons. The van der Waals surface area contributed by atoms with Crippen LogP contribution in [0.1, 0.15) is 37.3 Å². The molecule has 0 atom stereocenters. The van der Waals surface area contributed by atoms with Crippen molar-refractivity contribution in [1.82, 2.24) is 10.6 Å². The number of rotatable bonds is 7. The number of halogens is 1. The van der Waals surface area contributed by atoms with Crippen LogP contribution in [0.25, 0.3) is 0 Å². The second-order valence-corrected chi connectivity index (χ2v) is 5.71. The standard InChI is InChI=1S/C17H27N3O.HI/c1-4-9-21-16-10-13(2)5-8-15(16)12-20-17(18-3)19-11-14-6-7-14;/h5,8,10,14H,4,6-7,9,11-12H2,1-3H3,(H2,18,19,20);1H. The zero-order chi connectivity index (χ0) is 15.1. The molecule has 1 aromatic rings. The van der Waals surface area contributed by atoms with Gasteiger partial charge in [-0.25, -0.2) is 0 Å². The second kappa shape index (κ2) is 9.92. The topological polar surface area (TPSA) is 45.6 Å². The molecular formula is C17H28IN3O. The van der Waals surface area contributed by atoms with Crippen LogP contribution in [0.2, 0.25) is 0 Å². The molecule has 2 N–H and O–H groups in total. The molecule has 0 aliphatic heterocycles. The van der Waals surface area contributed by atoms with E-state index in [0.29, 0.717) is 0 Å². The number of ether oxygens (including phenoxy) is 1. The first-order chi connectivity index (χ1) is 10.2. The van der Waals surface area contributed by atoms with Crippen LogP contribution in [-0.2, 0) is 6.54 Å². The Bertz CT molecular complexity index is 487. The van der Waals surface area contributed by atoms with Crippen molar-refractivity contribution in [2.75, 3.05) is 20.2 Å². The number of hydrogen-bond acceptors (Lipinski definition) is 2. The zero-order valence-electron chi connectivity index (χ0n) is 13.8. The summed E-state index contributed by atoms with van der Waals surface area (Å²) in [4.78, 5) is 4.27. The van der Waals surface area contributed by atoms with E-state index in [2.05, 4.69) is 47.7 Å². The lowest BCUT2D eigenvalue weighted by Crippen LogP contribution is -2.37. The summed E-state index contributed by atoms with van der Waals surface area (Å²) in [5.41, 5.74) is 2.39. The number of hydrogen-bond donors (Lipinski definition) is 2. The van der Waals surface area contributed by atoms with Crippen LogP contribution in [0.4, 0.5) is 0 Å². The number of aliphatic imine (C=N–C) groups is 1. The van der Waals surface area contributed by atoms with Crippen LogP contribution in [-0.4, -0.2) is 26.2 Å². The lowest BCUT2D eigenvalue weighted by molar-refractivity contribution is 0.313. The van der Waals surface area contributed by atoms with Gasteiger partial charge in [0.15, 0.2) is 5.96 Å². The molecule has 1 aliphatic carbocycles. The van der Waals surface area contributed by atoms with Crippen molar-refractivity contribution in [2.24, 2.45) is 10.9 Å². The van der Waals surface area contributed by atoms with Crippen molar-refractivity contribution < 1.29 is 4.74 Å². The Labute approximate surface area is 151 Å². The highest BCUT2D eigenvalue weighted by atomic mass is 127. The zero-order valence-corrected chi connectivity index (χ0v) is 16.1. The predicted octanol–water partition coefficient (Wildman–Crippen LogP) is 3.48. The SMILES string of the molecule is CCCOc1cc(C)ccc1CNC(=NC)NCC1CC1.I. The summed E-state index contributed by atoms with van der Waals surface area (Å²) in [6.07, 6.45) is 3.71. The first-order valence-corrected chi connectivity index (χ1v) is 7.89. The van der Waals surface area contributed by atoms with Gasteiger partial charge in [0.2, 0.25) is 0 Å². The Morgan fingerprint density at radius 3 is 2.73 bits per heavy atom. The summed E-state index contributed by atoms with van der Waals surface area (Å²) < 4.78 is 5.84. The Balaban J connectivity index is 0.00000242. The van der Waals surface area contributed by atoms with Crippen LogP contribution < -0.4 is 15.4 Å². The van der Waals surface area contributed by atoms with E-state index in [1.165, 1.54) is 24.0 Å². The highest BCUT2D eigenvalue weighted by molar-refractivity contribution is 14.0. The summed E-state index contributed by atoms with van der Waals surface area (Å²) in [7, 11) is 1.81. The van der Waals surface area contributed by atoms with Crippen molar-refractivity contribution in [3.8, 4) is 5.75 Å². The fourth-order valence-electron chi connectivity index (χ4n) is 2.12. The Hall–Kier alpha value is -0.980. The van der Waals surface area contributed by atoms with E-state index in [1.54, 1.807) is 0 Å². The van der Waals surface area contributed by atoms with Gasteiger partial charge in [0, 0.05) is 25.7 Å². The Morgan fingerprint density at radius 2 is 2.09 bits per heavy atom. The number of guanidine groups is 1. The maximum Gasteiger partial charge on any atom is 0.191 e. The van der Waals surface area contributed by atoms with E-state index in [0.717, 1.165) is 43.7 Å². The van der Waals surface area contributed by atoms with Gasteiger partial charge in [0.1, 0.15) is 5.75 Å². The molecule has 0 heterocycles. The third-order valence-electron chi connectivity index (χ3n) is 3.61. The van der Waals surface area contributed by atoms with Gasteiger partial charge in [0.05, 0.1) is 6.61 Å². The third kappa shape index (κ3) is 6.42. The normalized spacial score (nSPS) is 14.2. The van der Waals surface area contributed by atoms with Gasteiger partial charge in [-0.1, -0.05) is 19.1 Å². The maximum atomic E-state index is 5.84. The molecule has 2 rings (SSSR count).